The smallest absolute Gasteiger partial charge is 0.351 e. The van der Waals surface area contributed by atoms with Crippen LogP contribution < -0.4 is 20.9 Å². The highest BCUT2D eigenvalue weighted by Crippen LogP contribution is 2.43. The van der Waals surface area contributed by atoms with Crippen molar-refractivity contribution in [2.75, 3.05) is 46.9 Å². The van der Waals surface area contributed by atoms with Crippen LogP contribution in [0.2, 0.25) is 0 Å². The lowest BCUT2D eigenvalue weighted by atomic mass is 9.80. The molecule has 0 unspecified atom stereocenters. The van der Waals surface area contributed by atoms with Gasteiger partial charge in [-0.2, -0.15) is 4.98 Å². The Balaban J connectivity index is 1.58. The second-order valence-electron chi connectivity index (χ2n) is 10.7. The molecule has 11 heteroatoms. The molecule has 0 saturated carbocycles. The molecular formula is C34H39N3O8. The number of hydrogen-bond acceptors (Lipinski definition) is 10. The van der Waals surface area contributed by atoms with E-state index in [1.807, 2.05) is 78.9 Å². The number of aryl methyl sites for hydroxylation is 1. The molecule has 0 amide bonds. The lowest BCUT2D eigenvalue weighted by Crippen LogP contribution is -2.41. The van der Waals surface area contributed by atoms with Gasteiger partial charge in [0.05, 0.1) is 34.0 Å². The second-order valence-corrected chi connectivity index (χ2v) is 10.7. The summed E-state index contributed by atoms with van der Waals surface area (Å²) in [5.74, 6) is 1.51. The number of nitrogens with zero attached hydrogens (tertiary/aromatic N) is 2. The number of aliphatic hydroxyl groups excluding tert-OH is 1. The van der Waals surface area contributed by atoms with Gasteiger partial charge < -0.3 is 39.3 Å². The molecule has 1 aliphatic rings. The molecule has 1 saturated heterocycles. The Kier molecular flexibility index (Phi) is 10.2. The first-order valence-electron chi connectivity index (χ1n) is 14.6. The maximum atomic E-state index is 12.8. The molecular weight excluding hydrogens is 578 g/mol. The Morgan fingerprint density at radius 2 is 1.47 bits per heavy atom. The topological polar surface area (TPSA) is 137 Å². The van der Waals surface area contributed by atoms with Crippen LogP contribution in [0.1, 0.15) is 28.5 Å². The maximum absolute atomic E-state index is 12.8. The van der Waals surface area contributed by atoms with E-state index in [9.17, 15) is 9.90 Å². The van der Waals surface area contributed by atoms with E-state index in [0.29, 0.717) is 23.7 Å². The number of hydrogen-bond donors (Lipinski definition) is 2. The zero-order chi connectivity index (χ0) is 32.0. The molecule has 3 aromatic carbocycles. The maximum Gasteiger partial charge on any atom is 0.351 e. The molecule has 2 heterocycles. The van der Waals surface area contributed by atoms with E-state index >= 15 is 0 Å². The third-order valence-corrected chi connectivity index (χ3v) is 7.99. The number of ether oxygens (including phenoxy) is 6. The van der Waals surface area contributed by atoms with Crippen LogP contribution >= 0.6 is 0 Å². The minimum Gasteiger partial charge on any atom is -0.497 e. The van der Waals surface area contributed by atoms with Gasteiger partial charge >= 0.3 is 5.69 Å². The molecule has 0 spiro atoms. The van der Waals surface area contributed by atoms with Crippen molar-refractivity contribution in [2.24, 2.45) is 0 Å². The molecule has 4 atom stereocenters. The molecule has 45 heavy (non-hydrogen) atoms. The minimum atomic E-state index is -1.22. The Morgan fingerprint density at radius 3 is 2.02 bits per heavy atom. The molecule has 1 aromatic heterocycles. The van der Waals surface area contributed by atoms with Crippen molar-refractivity contribution in [3.63, 3.8) is 0 Å². The summed E-state index contributed by atoms with van der Waals surface area (Å²) in [7, 11) is 4.80. The molecule has 5 rings (SSSR count). The molecule has 238 valence electrons. The average Bonchev–Trinajstić information content (AvgIpc) is 3.38. The Bertz CT molecular complexity index is 1550. The Morgan fingerprint density at radius 1 is 0.889 bits per heavy atom. The summed E-state index contributed by atoms with van der Waals surface area (Å²) >= 11 is 0. The van der Waals surface area contributed by atoms with E-state index in [2.05, 4.69) is 4.98 Å². The van der Waals surface area contributed by atoms with E-state index in [1.165, 1.54) is 10.8 Å². The van der Waals surface area contributed by atoms with Crippen molar-refractivity contribution in [2.45, 2.75) is 37.1 Å². The van der Waals surface area contributed by atoms with Crippen molar-refractivity contribution in [1.29, 1.82) is 0 Å². The van der Waals surface area contributed by atoms with Crippen LogP contribution in [0.25, 0.3) is 0 Å². The van der Waals surface area contributed by atoms with Crippen LogP contribution in [0.4, 0.5) is 5.82 Å². The van der Waals surface area contributed by atoms with E-state index in [-0.39, 0.29) is 19.0 Å². The number of aliphatic hydroxyl groups is 1. The molecule has 1 aliphatic heterocycles. The number of aromatic nitrogens is 2. The van der Waals surface area contributed by atoms with Crippen molar-refractivity contribution < 1.29 is 33.5 Å². The highest BCUT2D eigenvalue weighted by Gasteiger charge is 2.48. The first-order chi connectivity index (χ1) is 21.8. The highest BCUT2D eigenvalue weighted by molar-refractivity contribution is 5.49. The van der Waals surface area contributed by atoms with Gasteiger partial charge in [-0.05, 0) is 47.9 Å². The molecule has 1 fully saturated rings. The van der Waals surface area contributed by atoms with Crippen LogP contribution in [-0.2, 0) is 24.5 Å². The molecule has 0 bridgehead atoms. The first kappa shape index (κ1) is 32.1. The van der Waals surface area contributed by atoms with Gasteiger partial charge in [0.25, 0.3) is 0 Å². The average molecular weight is 618 g/mol. The third kappa shape index (κ3) is 6.58. The van der Waals surface area contributed by atoms with Crippen molar-refractivity contribution in [3.05, 3.63) is 118 Å². The summed E-state index contributed by atoms with van der Waals surface area (Å²) in [6.45, 7) is 2.20. The Hall–Kier alpha value is -4.26. The standard InChI is InChI=1S/C34H39N3O8/c1-22-20-37(33(39)36-31(22)35)32-29(38)30(43-19-18-40-2)28(45-32)21-44-34(23-8-6-5-7-9-23,24-10-14-26(41-3)15-11-24)25-12-16-27(42-4)17-13-25/h5-17,20,28-30,32,38H,18-19,21H2,1-4H3,(H2,35,36,39)/t28-,29-,30-,32-/m1/s1. The highest BCUT2D eigenvalue weighted by atomic mass is 16.6. The number of benzene rings is 3. The zero-order valence-corrected chi connectivity index (χ0v) is 25.8. The lowest BCUT2D eigenvalue weighted by molar-refractivity contribution is -0.107. The van der Waals surface area contributed by atoms with Gasteiger partial charge in [-0.15, -0.1) is 0 Å². The monoisotopic (exact) mass is 617 g/mol. The zero-order valence-electron chi connectivity index (χ0n) is 25.8. The summed E-state index contributed by atoms with van der Waals surface area (Å²) in [5.41, 5.74) is 7.19. The number of nitrogens with two attached hydrogens (primary N) is 1. The number of nitrogen functional groups attached to an aromatic ring is 1. The third-order valence-electron chi connectivity index (χ3n) is 7.99. The normalized spacial score (nSPS) is 19.8. The van der Waals surface area contributed by atoms with Crippen LogP contribution in [0.3, 0.4) is 0 Å². The SMILES string of the molecule is COCCO[C@H]1[C@@H](O)[C@H](n2cc(C)c(N)nc2=O)O[C@@H]1COC(c1ccccc1)(c1ccc(OC)cc1)c1ccc(OC)cc1. The van der Waals surface area contributed by atoms with Gasteiger partial charge in [0.15, 0.2) is 6.23 Å². The predicted molar refractivity (Wildman–Crippen MR) is 167 cm³/mol. The Labute approximate surface area is 262 Å². The van der Waals surface area contributed by atoms with Crippen LogP contribution in [-0.4, -0.2) is 74.1 Å². The fourth-order valence-corrected chi connectivity index (χ4v) is 5.60. The first-order valence-corrected chi connectivity index (χ1v) is 14.6. The van der Waals surface area contributed by atoms with Gasteiger partial charge in [0.2, 0.25) is 0 Å². The molecule has 11 nitrogen and oxygen atoms in total. The van der Waals surface area contributed by atoms with Crippen molar-refractivity contribution in [1.82, 2.24) is 9.55 Å². The van der Waals surface area contributed by atoms with E-state index < -0.39 is 35.8 Å². The van der Waals surface area contributed by atoms with Gasteiger partial charge in [-0.3, -0.25) is 4.57 Å². The van der Waals surface area contributed by atoms with Crippen molar-refractivity contribution >= 4 is 5.82 Å². The molecule has 0 aliphatic carbocycles. The van der Waals surface area contributed by atoms with E-state index in [0.717, 1.165) is 16.7 Å². The summed E-state index contributed by atoms with van der Waals surface area (Å²) in [6, 6.07) is 25.2. The largest absolute Gasteiger partial charge is 0.497 e. The van der Waals surface area contributed by atoms with Crippen molar-refractivity contribution in [3.8, 4) is 11.5 Å². The van der Waals surface area contributed by atoms with Gasteiger partial charge in [0.1, 0.15) is 41.2 Å². The molecule has 0 radical (unpaired) electrons. The van der Waals surface area contributed by atoms with Crippen LogP contribution in [0.15, 0.2) is 89.9 Å². The summed E-state index contributed by atoms with van der Waals surface area (Å²) in [6.07, 6.45) is -2.41. The fourth-order valence-electron chi connectivity index (χ4n) is 5.60. The van der Waals surface area contributed by atoms with Gasteiger partial charge in [-0.1, -0.05) is 54.6 Å². The van der Waals surface area contributed by atoms with E-state index in [4.69, 9.17) is 34.2 Å². The molecule has 4 aromatic rings. The predicted octanol–water partition coefficient (Wildman–Crippen LogP) is 3.45. The quantitative estimate of drug-likeness (QED) is 0.170. The van der Waals surface area contributed by atoms with Gasteiger partial charge in [-0.25, -0.2) is 4.79 Å². The van der Waals surface area contributed by atoms with E-state index in [1.54, 1.807) is 28.3 Å². The van der Waals surface area contributed by atoms with Gasteiger partial charge in [0, 0.05) is 18.9 Å². The van der Waals surface area contributed by atoms with Crippen LogP contribution in [0.5, 0.6) is 11.5 Å². The molecule has 3 N–H and O–H groups in total. The number of rotatable bonds is 13. The number of anilines is 1. The van der Waals surface area contributed by atoms with Crippen LogP contribution in [0, 0.1) is 6.92 Å². The number of methoxy groups -OCH3 is 3. The fraction of sp³-hybridized carbons (Fsp3) is 0.353. The summed E-state index contributed by atoms with van der Waals surface area (Å²) < 4.78 is 36.8. The second kappa shape index (κ2) is 14.2. The summed E-state index contributed by atoms with van der Waals surface area (Å²) in [4.78, 5) is 16.7. The lowest BCUT2D eigenvalue weighted by Gasteiger charge is -2.37. The summed E-state index contributed by atoms with van der Waals surface area (Å²) in [5, 5.41) is 11.5. The minimum absolute atomic E-state index is 0.0195.